The lowest BCUT2D eigenvalue weighted by atomic mass is 9.90. The van der Waals surface area contributed by atoms with Crippen molar-refractivity contribution in [1.82, 2.24) is 0 Å². The first-order chi connectivity index (χ1) is 9.72. The van der Waals surface area contributed by atoms with Crippen molar-refractivity contribution < 1.29 is 9.13 Å². The van der Waals surface area contributed by atoms with Gasteiger partial charge in [-0.15, -0.1) is 0 Å². The highest BCUT2D eigenvalue weighted by Gasteiger charge is 2.20. The molecule has 2 N–H and O–H groups in total. The maximum atomic E-state index is 12.9. The third kappa shape index (κ3) is 3.76. The highest BCUT2D eigenvalue weighted by Crippen LogP contribution is 2.27. The minimum atomic E-state index is -0.200. The fourth-order valence-corrected chi connectivity index (χ4v) is 2.39. The minimum Gasteiger partial charge on any atom is -0.460 e. The van der Waals surface area contributed by atoms with Gasteiger partial charge < -0.3 is 10.6 Å². The Balaban J connectivity index is 1.90. The van der Waals surface area contributed by atoms with E-state index in [1.807, 2.05) is 12.1 Å². The van der Waals surface area contributed by atoms with E-state index in [1.165, 1.54) is 17.7 Å². The van der Waals surface area contributed by atoms with Crippen LogP contribution in [0.15, 0.2) is 39.6 Å². The monoisotopic (exact) mass is 278 g/mol. The van der Waals surface area contributed by atoms with Crippen molar-refractivity contribution in [3.8, 4) is 0 Å². The van der Waals surface area contributed by atoms with Crippen molar-refractivity contribution in [2.75, 3.05) is 6.61 Å². The van der Waals surface area contributed by atoms with Crippen molar-refractivity contribution in [2.24, 2.45) is 21.2 Å². The molecule has 1 aliphatic rings. The zero-order valence-corrected chi connectivity index (χ0v) is 11.5. The molecule has 1 heterocycles. The van der Waals surface area contributed by atoms with Crippen LogP contribution in [-0.4, -0.2) is 18.7 Å². The standard InChI is InChI=1S/C14H19FN4O/c1-2-10(11-3-6-12(15)7-4-11)5-8-13-9-20-14(17-13)18-19-16/h3-4,6-7,10,13H,2,5,8-9H2,1H3,(H2,16,17,18)/t10?,13-/m0/s1. The van der Waals surface area contributed by atoms with Gasteiger partial charge >= 0.3 is 6.02 Å². The highest BCUT2D eigenvalue weighted by molar-refractivity contribution is 5.75. The molecule has 0 fully saturated rings. The predicted octanol–water partition coefficient (Wildman–Crippen LogP) is 3.18. The number of hydrogen-bond acceptors (Lipinski definition) is 4. The molecule has 0 aromatic heterocycles. The number of nitrogens with two attached hydrogens (primary N) is 1. The van der Waals surface area contributed by atoms with E-state index in [4.69, 9.17) is 10.6 Å². The lowest BCUT2D eigenvalue weighted by Crippen LogP contribution is -2.09. The van der Waals surface area contributed by atoms with Gasteiger partial charge in [-0.25, -0.2) is 9.38 Å². The van der Waals surface area contributed by atoms with E-state index in [2.05, 4.69) is 22.3 Å². The van der Waals surface area contributed by atoms with Crippen LogP contribution in [0.1, 0.15) is 37.7 Å². The van der Waals surface area contributed by atoms with E-state index in [9.17, 15) is 4.39 Å². The van der Waals surface area contributed by atoms with Crippen molar-refractivity contribution >= 4 is 6.02 Å². The molecule has 0 saturated carbocycles. The molecule has 0 saturated heterocycles. The molecule has 0 aliphatic carbocycles. The Morgan fingerprint density at radius 2 is 2.20 bits per heavy atom. The zero-order valence-electron chi connectivity index (χ0n) is 11.5. The van der Waals surface area contributed by atoms with Gasteiger partial charge in [0.2, 0.25) is 0 Å². The predicted molar refractivity (Wildman–Crippen MR) is 74.9 cm³/mol. The van der Waals surface area contributed by atoms with Gasteiger partial charge in [0.05, 0.1) is 6.04 Å². The summed E-state index contributed by atoms with van der Waals surface area (Å²) >= 11 is 0. The highest BCUT2D eigenvalue weighted by atomic mass is 19.1. The molecule has 2 atom stereocenters. The Hall–Kier alpha value is -1.98. The molecule has 0 radical (unpaired) electrons. The summed E-state index contributed by atoms with van der Waals surface area (Å²) in [6.45, 7) is 2.66. The number of hydrogen-bond donors (Lipinski definition) is 1. The number of rotatable bonds is 5. The fraction of sp³-hybridized carbons (Fsp3) is 0.500. The van der Waals surface area contributed by atoms with Crippen LogP contribution in [0.2, 0.25) is 0 Å². The minimum absolute atomic E-state index is 0.102. The normalized spacial score (nSPS) is 19.9. The Morgan fingerprint density at radius 1 is 1.45 bits per heavy atom. The summed E-state index contributed by atoms with van der Waals surface area (Å²) in [5.41, 5.74) is 1.17. The first kappa shape index (κ1) is 14.4. The second-order valence-corrected chi connectivity index (χ2v) is 4.83. The lowest BCUT2D eigenvalue weighted by molar-refractivity contribution is 0.302. The SMILES string of the molecule is CCC(CC[C@H]1COC(N=NN)=N1)c1ccc(F)cc1. The van der Waals surface area contributed by atoms with Crippen LogP contribution in [0.25, 0.3) is 0 Å². The second-order valence-electron chi connectivity index (χ2n) is 4.83. The van der Waals surface area contributed by atoms with Crippen LogP contribution in [0.5, 0.6) is 0 Å². The number of amidine groups is 1. The van der Waals surface area contributed by atoms with Crippen LogP contribution >= 0.6 is 0 Å². The molecule has 108 valence electrons. The number of benzene rings is 1. The van der Waals surface area contributed by atoms with Gasteiger partial charge in [0.15, 0.2) is 0 Å². The molecular formula is C14H19FN4O. The number of halogens is 1. The molecule has 0 amide bonds. The van der Waals surface area contributed by atoms with Gasteiger partial charge in [0, 0.05) is 0 Å². The van der Waals surface area contributed by atoms with Gasteiger partial charge in [-0.3, -0.25) is 0 Å². The molecule has 0 bridgehead atoms. The number of aliphatic imine (C=N–C) groups is 1. The molecule has 5 nitrogen and oxygen atoms in total. The zero-order chi connectivity index (χ0) is 14.4. The topological polar surface area (TPSA) is 72.3 Å². The van der Waals surface area contributed by atoms with E-state index in [0.29, 0.717) is 12.5 Å². The smallest absolute Gasteiger partial charge is 0.332 e. The van der Waals surface area contributed by atoms with Crippen LogP contribution in [0, 0.1) is 5.82 Å². The summed E-state index contributed by atoms with van der Waals surface area (Å²) in [5, 5.41) is 6.73. The summed E-state index contributed by atoms with van der Waals surface area (Å²) in [5.74, 6) is 5.16. The summed E-state index contributed by atoms with van der Waals surface area (Å²) < 4.78 is 18.2. The maximum absolute atomic E-state index is 12.9. The van der Waals surface area contributed by atoms with E-state index < -0.39 is 0 Å². The van der Waals surface area contributed by atoms with Crippen LogP contribution in [0.3, 0.4) is 0 Å². The first-order valence-electron chi connectivity index (χ1n) is 6.80. The van der Waals surface area contributed by atoms with Gasteiger partial charge in [-0.1, -0.05) is 29.4 Å². The summed E-state index contributed by atoms with van der Waals surface area (Å²) in [6.07, 6.45) is 2.89. The van der Waals surface area contributed by atoms with Crippen LogP contribution < -0.4 is 5.84 Å². The number of ether oxygens (including phenoxy) is 1. The summed E-state index contributed by atoms with van der Waals surface area (Å²) in [6, 6.07) is 7.08. The third-order valence-electron chi connectivity index (χ3n) is 3.52. The molecule has 1 aromatic carbocycles. The van der Waals surface area contributed by atoms with Gasteiger partial charge in [0.25, 0.3) is 0 Å². The molecule has 2 rings (SSSR count). The first-order valence-corrected chi connectivity index (χ1v) is 6.80. The van der Waals surface area contributed by atoms with E-state index in [1.54, 1.807) is 0 Å². The Kier molecular flexibility index (Phi) is 5.03. The molecule has 1 aromatic rings. The number of nitrogens with zero attached hydrogens (tertiary/aromatic N) is 3. The Labute approximate surface area is 117 Å². The molecule has 0 spiro atoms. The largest absolute Gasteiger partial charge is 0.460 e. The van der Waals surface area contributed by atoms with Crippen molar-refractivity contribution in [3.63, 3.8) is 0 Å². The van der Waals surface area contributed by atoms with Crippen molar-refractivity contribution in [1.29, 1.82) is 0 Å². The lowest BCUT2D eigenvalue weighted by Gasteiger charge is -2.16. The van der Waals surface area contributed by atoms with E-state index in [-0.39, 0.29) is 17.9 Å². The van der Waals surface area contributed by atoms with E-state index >= 15 is 0 Å². The fourth-order valence-electron chi connectivity index (χ4n) is 2.39. The molecular weight excluding hydrogens is 259 g/mol. The molecule has 6 heteroatoms. The molecule has 1 aliphatic heterocycles. The Morgan fingerprint density at radius 3 is 2.85 bits per heavy atom. The van der Waals surface area contributed by atoms with Gasteiger partial charge in [0.1, 0.15) is 12.4 Å². The van der Waals surface area contributed by atoms with Gasteiger partial charge in [-0.05, 0) is 42.9 Å². The van der Waals surface area contributed by atoms with E-state index in [0.717, 1.165) is 19.3 Å². The molecule has 20 heavy (non-hydrogen) atoms. The van der Waals surface area contributed by atoms with Gasteiger partial charge in [-0.2, -0.15) is 0 Å². The van der Waals surface area contributed by atoms with Crippen LogP contribution in [0.4, 0.5) is 4.39 Å². The van der Waals surface area contributed by atoms with Crippen LogP contribution in [-0.2, 0) is 4.74 Å². The third-order valence-corrected chi connectivity index (χ3v) is 3.52. The Bertz CT molecular complexity index is 486. The summed E-state index contributed by atoms with van der Waals surface area (Å²) in [7, 11) is 0. The average Bonchev–Trinajstić information content (AvgIpc) is 2.89. The van der Waals surface area contributed by atoms with Crippen molar-refractivity contribution in [3.05, 3.63) is 35.6 Å². The maximum Gasteiger partial charge on any atom is 0.332 e. The second kappa shape index (κ2) is 6.98. The van der Waals surface area contributed by atoms with Crippen molar-refractivity contribution in [2.45, 2.75) is 38.1 Å². The quantitative estimate of drug-likeness (QED) is 0.510. The average molecular weight is 278 g/mol. The molecule has 1 unspecified atom stereocenters. The summed E-state index contributed by atoms with van der Waals surface area (Å²) in [4.78, 5) is 4.29.